The number of carbonyl (C=O) groups is 3. The molecule has 438 valence electrons. The Balaban J connectivity index is 0.820. The Kier molecular flexibility index (Phi) is 22.8. The van der Waals surface area contributed by atoms with E-state index in [1.165, 1.54) is 58.9 Å². The van der Waals surface area contributed by atoms with Crippen LogP contribution in [0.4, 0.5) is 8.78 Å². The van der Waals surface area contributed by atoms with Crippen LogP contribution in [-0.2, 0) is 23.9 Å². The van der Waals surface area contributed by atoms with E-state index in [2.05, 4.69) is 73.8 Å². The minimum absolute atomic E-state index is 0.246. The first-order valence-corrected chi connectivity index (χ1v) is 31.7. The van der Waals surface area contributed by atoms with Crippen LogP contribution in [0.5, 0.6) is 23.0 Å². The summed E-state index contributed by atoms with van der Waals surface area (Å²) in [4.78, 5) is 38.7. The van der Waals surface area contributed by atoms with E-state index < -0.39 is 0 Å². The van der Waals surface area contributed by atoms with Crippen molar-refractivity contribution in [1.82, 2.24) is 0 Å². The molecule has 0 radical (unpaired) electrons. The van der Waals surface area contributed by atoms with Gasteiger partial charge in [0, 0.05) is 32.7 Å². The fraction of sp³-hybridized carbons (Fsp3) is 0.414. The van der Waals surface area contributed by atoms with Crippen LogP contribution in [0.3, 0.4) is 0 Å². The van der Waals surface area contributed by atoms with Crippen molar-refractivity contribution < 1.29 is 51.6 Å². The third-order valence-electron chi connectivity index (χ3n) is 16.3. The number of benzene rings is 5. The van der Waals surface area contributed by atoms with E-state index in [4.69, 9.17) is 28.4 Å². The van der Waals surface area contributed by atoms with Crippen LogP contribution in [0, 0.1) is 23.5 Å². The Morgan fingerprint density at radius 3 is 1.31 bits per heavy atom. The second-order valence-electron chi connectivity index (χ2n) is 22.2. The van der Waals surface area contributed by atoms with Gasteiger partial charge < -0.3 is 28.4 Å². The van der Waals surface area contributed by atoms with E-state index in [0.717, 1.165) is 174 Å². The lowest BCUT2D eigenvalue weighted by Crippen LogP contribution is -2.25. The van der Waals surface area contributed by atoms with Gasteiger partial charge in [-0.1, -0.05) is 113 Å². The zero-order valence-corrected chi connectivity index (χ0v) is 49.3. The van der Waals surface area contributed by atoms with Gasteiger partial charge in [-0.2, -0.15) is 0 Å². The van der Waals surface area contributed by atoms with E-state index in [-0.39, 0.29) is 35.5 Å². The standard InChI is InChI=1S/C70H78F2O9S2/c1-3-64(73)78-43-15-11-7-5-9-13-41-76-58-37-29-51(30-38-58)49-19-17-48(18-20-49)47-80-66-60-45-62(53-25-33-56(71)34-26-53)83-69(60)67(61-46-63(82-68(61)66)54-27-35-57(72)36-28-54)81-70(75)55-23-21-50(22-24-55)52-31-39-59(40-32-52)77-42-14-10-6-8-12-16-44-79-65(74)4-2/h3-4,25-40,45-46,48-50,55H,1-2,5-24,41-44,47H2. The molecule has 2 aliphatic rings. The van der Waals surface area contributed by atoms with Crippen molar-refractivity contribution in [3.05, 3.63) is 157 Å². The predicted molar refractivity (Wildman–Crippen MR) is 330 cm³/mol. The van der Waals surface area contributed by atoms with Gasteiger partial charge in [-0.25, -0.2) is 18.4 Å². The van der Waals surface area contributed by atoms with Crippen LogP contribution >= 0.6 is 22.7 Å². The lowest BCUT2D eigenvalue weighted by Gasteiger charge is -2.29. The Hall–Kier alpha value is -6.83. The summed E-state index contributed by atoms with van der Waals surface area (Å²) in [6, 6.07) is 34.2. The van der Waals surface area contributed by atoms with E-state index in [1.54, 1.807) is 35.6 Å². The maximum absolute atomic E-state index is 14.5. The van der Waals surface area contributed by atoms with Crippen LogP contribution in [0.15, 0.2) is 135 Å². The summed E-state index contributed by atoms with van der Waals surface area (Å²) in [6.07, 6.45) is 22.1. The van der Waals surface area contributed by atoms with E-state index >= 15 is 0 Å². The topological polar surface area (TPSA) is 107 Å². The van der Waals surface area contributed by atoms with Crippen LogP contribution in [0.2, 0.25) is 0 Å². The second kappa shape index (κ2) is 31.2. The summed E-state index contributed by atoms with van der Waals surface area (Å²) in [5.74, 6) is 2.25. The van der Waals surface area contributed by atoms with Gasteiger partial charge in [0.1, 0.15) is 28.9 Å². The first-order valence-electron chi connectivity index (χ1n) is 30.1. The van der Waals surface area contributed by atoms with Gasteiger partial charge in [0.15, 0.2) is 5.75 Å². The molecule has 83 heavy (non-hydrogen) atoms. The zero-order valence-electron chi connectivity index (χ0n) is 47.7. The molecule has 9 nitrogen and oxygen atoms in total. The molecule has 9 rings (SSSR count). The smallest absolute Gasteiger partial charge is 0.330 e. The molecular weight excluding hydrogens is 1090 g/mol. The molecule has 2 aliphatic carbocycles. The van der Waals surface area contributed by atoms with Crippen molar-refractivity contribution in [1.29, 1.82) is 0 Å². The predicted octanol–water partition coefficient (Wildman–Crippen LogP) is 18.9. The fourth-order valence-corrected chi connectivity index (χ4v) is 13.8. The molecule has 13 heteroatoms. The highest BCUT2D eigenvalue weighted by molar-refractivity contribution is 7.24. The van der Waals surface area contributed by atoms with Crippen molar-refractivity contribution in [2.24, 2.45) is 11.8 Å². The summed E-state index contributed by atoms with van der Waals surface area (Å²) in [5, 5.41) is 1.63. The molecule has 2 aromatic heterocycles. The summed E-state index contributed by atoms with van der Waals surface area (Å²) in [5.41, 5.74) is 4.30. The molecule has 0 N–H and O–H groups in total. The zero-order chi connectivity index (χ0) is 57.8. The molecule has 2 fully saturated rings. The lowest BCUT2D eigenvalue weighted by atomic mass is 9.79. The monoisotopic (exact) mass is 1160 g/mol. The Morgan fingerprint density at radius 1 is 0.470 bits per heavy atom. The maximum atomic E-state index is 14.5. The molecule has 0 atom stereocenters. The third-order valence-corrected chi connectivity index (χ3v) is 18.7. The van der Waals surface area contributed by atoms with Crippen molar-refractivity contribution in [2.45, 2.75) is 140 Å². The molecule has 0 aliphatic heterocycles. The molecule has 5 aromatic carbocycles. The van der Waals surface area contributed by atoms with Crippen LogP contribution < -0.4 is 18.9 Å². The van der Waals surface area contributed by atoms with Crippen molar-refractivity contribution in [3.63, 3.8) is 0 Å². The summed E-state index contributed by atoms with van der Waals surface area (Å²) >= 11 is 3.08. The number of rotatable bonds is 31. The average molecular weight is 1170 g/mol. The van der Waals surface area contributed by atoms with Gasteiger partial charge in [-0.15, -0.1) is 22.7 Å². The number of carbonyl (C=O) groups excluding carboxylic acids is 3. The maximum Gasteiger partial charge on any atom is 0.330 e. The Bertz CT molecular complexity index is 3100. The van der Waals surface area contributed by atoms with Crippen molar-refractivity contribution in [2.75, 3.05) is 33.0 Å². The third kappa shape index (κ3) is 17.4. The van der Waals surface area contributed by atoms with Gasteiger partial charge >= 0.3 is 17.9 Å². The number of unbranched alkanes of at least 4 members (excludes halogenated alkanes) is 10. The minimum atomic E-state index is -0.367. The van der Waals surface area contributed by atoms with Crippen LogP contribution in [0.25, 0.3) is 41.1 Å². The normalized spacial score (nSPS) is 17.0. The van der Waals surface area contributed by atoms with Gasteiger partial charge in [0.25, 0.3) is 0 Å². The molecule has 0 saturated heterocycles. The van der Waals surface area contributed by atoms with Gasteiger partial charge in [0.2, 0.25) is 0 Å². The molecule has 0 amide bonds. The summed E-state index contributed by atoms with van der Waals surface area (Å²) in [7, 11) is 0. The molecular formula is C70H78F2O9S2. The number of fused-ring (bicyclic) bond motifs is 2. The number of halogens is 2. The van der Waals surface area contributed by atoms with Crippen molar-refractivity contribution in [3.8, 4) is 43.9 Å². The first-order chi connectivity index (χ1) is 40.6. The summed E-state index contributed by atoms with van der Waals surface area (Å²) in [6.45, 7) is 9.62. The molecule has 2 heterocycles. The van der Waals surface area contributed by atoms with Gasteiger partial charge in [-0.3, -0.25) is 4.79 Å². The number of hydrogen-bond acceptors (Lipinski definition) is 11. The van der Waals surface area contributed by atoms with Gasteiger partial charge in [-0.05, 0) is 178 Å². The first kappa shape index (κ1) is 60.8. The number of thiophene rings is 2. The number of esters is 3. The van der Waals surface area contributed by atoms with Crippen molar-refractivity contribution >= 4 is 60.8 Å². The molecule has 2 saturated carbocycles. The quantitative estimate of drug-likeness (QED) is 0.0182. The average Bonchev–Trinajstić information content (AvgIpc) is 2.79. The second-order valence-corrected chi connectivity index (χ2v) is 24.3. The molecule has 7 aromatic rings. The SMILES string of the molecule is C=CC(=O)OCCCCCCCCOc1ccc(C2CCC(COc3c4cc(-c5ccc(F)cc5)sc4c(OC(=O)C4CCC(c5ccc(OCCCCCCCCOC(=O)C=C)cc5)CC4)c4cc(-c5ccc(F)cc5)sc34)CC2)cc1. The summed E-state index contributed by atoms with van der Waals surface area (Å²) < 4.78 is 66.2. The molecule has 0 unspecified atom stereocenters. The van der Waals surface area contributed by atoms with Gasteiger partial charge in [0.05, 0.1) is 48.4 Å². The van der Waals surface area contributed by atoms with Crippen LogP contribution in [-0.4, -0.2) is 50.9 Å². The van der Waals surface area contributed by atoms with E-state index in [9.17, 15) is 23.2 Å². The van der Waals surface area contributed by atoms with E-state index in [0.29, 0.717) is 69.4 Å². The highest BCUT2D eigenvalue weighted by Crippen LogP contribution is 2.53. The highest BCUT2D eigenvalue weighted by Gasteiger charge is 2.32. The molecule has 0 bridgehead atoms. The largest absolute Gasteiger partial charge is 0.494 e. The fourth-order valence-electron chi connectivity index (χ4n) is 11.5. The number of ether oxygens (including phenoxy) is 6. The Labute approximate surface area is 496 Å². The molecule has 0 spiro atoms. The Morgan fingerprint density at radius 2 is 0.867 bits per heavy atom. The highest BCUT2D eigenvalue weighted by atomic mass is 32.1. The lowest BCUT2D eigenvalue weighted by molar-refractivity contribution is -0.140. The number of hydrogen-bond donors (Lipinski definition) is 0. The van der Waals surface area contributed by atoms with Crippen LogP contribution in [0.1, 0.15) is 151 Å². The van der Waals surface area contributed by atoms with E-state index in [1.807, 2.05) is 0 Å². The minimum Gasteiger partial charge on any atom is -0.494 e.